The van der Waals surface area contributed by atoms with Crippen molar-refractivity contribution in [2.45, 2.75) is 157 Å². The van der Waals surface area contributed by atoms with Crippen molar-refractivity contribution in [3.05, 3.63) is 46.4 Å². The van der Waals surface area contributed by atoms with Crippen LogP contribution < -0.4 is 21.5 Å². The van der Waals surface area contributed by atoms with Crippen LogP contribution in [0.3, 0.4) is 0 Å². The number of alkyl halides is 12. The molecule has 2 aliphatic carbocycles. The molecule has 2 aliphatic heterocycles. The standard InChI is InChI=1S/C48H52F12N12O7/c49-45(50,51)28-19-30(62)35-37-67-68-41(78-37)43(76,47(55,56)57)15-3-1-5-18-71(38(74)33(28)65-35)27-13-9-25(10-14-27)22-64-32(73)23-72-40-36-31(63)20-29(46(52,53)54)34(66-36)39(75)70(26-11-7-24(21-61)8-12-26)17-6-2-4-16-44(77,48(58,59)60)42(69-72)79-40/h19-20,24-27,63,76-77H,1-18,22-23H2,(H3,62,64,67,73,74)/p+1/t24-,25?,26-,27?,43-,44-/m1/s1. The fourth-order valence-electron chi connectivity index (χ4n) is 10.6. The van der Waals surface area contributed by atoms with E-state index in [0.29, 0.717) is 29.7 Å². The molecule has 7 N–H and O–H groups in total. The normalized spacial score (nSPS) is 25.3. The molecule has 430 valence electrons. The fraction of sp³-hybridized carbons (Fsp3) is 0.625. The second-order valence-electron chi connectivity index (χ2n) is 20.4. The summed E-state index contributed by atoms with van der Waals surface area (Å²) in [5.41, 5.74) is -4.27. The maximum Gasteiger partial charge on any atom is 0.429 e. The van der Waals surface area contributed by atoms with Crippen molar-refractivity contribution in [2.75, 3.05) is 31.1 Å². The van der Waals surface area contributed by atoms with Gasteiger partial charge in [0, 0.05) is 42.7 Å². The summed E-state index contributed by atoms with van der Waals surface area (Å²) in [6, 6.07) is 1.36. The van der Waals surface area contributed by atoms with E-state index in [2.05, 4.69) is 36.7 Å². The predicted molar refractivity (Wildman–Crippen MR) is 245 cm³/mol. The average Bonchev–Trinajstić information content (AvgIpc) is 4.15. The summed E-state index contributed by atoms with van der Waals surface area (Å²) in [6.45, 7) is -1.66. The second-order valence-corrected chi connectivity index (χ2v) is 20.4. The van der Waals surface area contributed by atoms with Gasteiger partial charge in [0.2, 0.25) is 16.9 Å². The van der Waals surface area contributed by atoms with E-state index in [9.17, 15) is 82.5 Å². The lowest BCUT2D eigenvalue weighted by Gasteiger charge is -2.37. The maximum absolute atomic E-state index is 14.9. The third kappa shape index (κ3) is 11.9. The van der Waals surface area contributed by atoms with E-state index in [4.69, 9.17) is 20.3 Å². The van der Waals surface area contributed by atoms with Crippen LogP contribution in [0.4, 0.5) is 64.1 Å². The zero-order chi connectivity index (χ0) is 57.6. The van der Waals surface area contributed by atoms with Crippen LogP contribution >= 0.6 is 0 Å². The van der Waals surface area contributed by atoms with Crippen molar-refractivity contribution in [2.24, 2.45) is 11.8 Å². The Morgan fingerprint density at radius 3 is 1.66 bits per heavy atom. The van der Waals surface area contributed by atoms with Crippen molar-refractivity contribution >= 4 is 29.1 Å². The minimum atomic E-state index is -5.47. The molecular weight excluding hydrogens is 1080 g/mol. The topological polar surface area (TPSA) is 281 Å². The summed E-state index contributed by atoms with van der Waals surface area (Å²) in [5, 5.41) is 44.7. The van der Waals surface area contributed by atoms with Gasteiger partial charge in [-0.05, 0) is 113 Å². The Morgan fingerprint density at radius 2 is 1.16 bits per heavy atom. The Bertz CT molecular complexity index is 2960. The molecular formula is C48H53F12N12O7+. The van der Waals surface area contributed by atoms with Crippen LogP contribution in [-0.2, 0) is 34.9 Å². The average molecular weight is 1140 g/mol. The highest BCUT2D eigenvalue weighted by molar-refractivity contribution is 5.96. The summed E-state index contributed by atoms with van der Waals surface area (Å²) < 4.78 is 186. The van der Waals surface area contributed by atoms with Gasteiger partial charge in [-0.1, -0.05) is 12.8 Å². The number of amides is 3. The van der Waals surface area contributed by atoms with Crippen LogP contribution in [-0.4, -0.2) is 107 Å². The number of carbonyl (C=O) groups is 3. The number of rotatable bonds is 6. The minimum absolute atomic E-state index is 0.00557. The van der Waals surface area contributed by atoms with Gasteiger partial charge < -0.3 is 45.6 Å². The number of carbonyl (C=O) groups excluding carboxylic acids is 3. The highest BCUT2D eigenvalue weighted by Gasteiger charge is 2.61. The molecule has 2 saturated carbocycles. The molecule has 0 spiro atoms. The third-order valence-electron chi connectivity index (χ3n) is 15.1. The summed E-state index contributed by atoms with van der Waals surface area (Å²) in [4.78, 5) is 52.4. The number of hydrogen-bond donors (Lipinski definition) is 5. The molecule has 0 aromatic carbocycles. The first kappa shape index (κ1) is 58.3. The van der Waals surface area contributed by atoms with Crippen LogP contribution in [0.1, 0.15) is 147 Å². The van der Waals surface area contributed by atoms with Gasteiger partial charge in [-0.15, -0.1) is 10.2 Å². The van der Waals surface area contributed by atoms with Crippen molar-refractivity contribution < 1.29 is 90.8 Å². The van der Waals surface area contributed by atoms with Gasteiger partial charge in [0.05, 0.1) is 28.6 Å². The summed E-state index contributed by atoms with van der Waals surface area (Å²) in [6.07, 6.45) is -22.5. The molecule has 4 aromatic rings. The smallest absolute Gasteiger partial charge is 0.416 e. The van der Waals surface area contributed by atoms with Crippen LogP contribution in [0, 0.1) is 23.2 Å². The van der Waals surface area contributed by atoms with Gasteiger partial charge in [0.15, 0.2) is 5.69 Å². The number of halogens is 12. The molecule has 4 aromatic heterocycles. The van der Waals surface area contributed by atoms with Crippen LogP contribution in [0.2, 0.25) is 0 Å². The number of nitrogens with two attached hydrogens (primary N) is 2. The number of anilines is 2. The Kier molecular flexibility index (Phi) is 16.2. The van der Waals surface area contributed by atoms with Gasteiger partial charge in [0.25, 0.3) is 36.0 Å². The lowest BCUT2D eigenvalue weighted by Crippen LogP contribution is -2.49. The highest BCUT2D eigenvalue weighted by atomic mass is 19.4. The van der Waals surface area contributed by atoms with Crippen LogP contribution in [0.5, 0.6) is 0 Å². The molecule has 31 heteroatoms. The van der Waals surface area contributed by atoms with Gasteiger partial charge in [0.1, 0.15) is 11.4 Å². The number of nitrogens with zero attached hydrogens (tertiary/aromatic N) is 9. The zero-order valence-corrected chi connectivity index (χ0v) is 41.8. The van der Waals surface area contributed by atoms with Crippen LogP contribution in [0.25, 0.3) is 23.2 Å². The number of aromatic nitrogens is 6. The van der Waals surface area contributed by atoms with Crippen molar-refractivity contribution in [3.63, 3.8) is 0 Å². The summed E-state index contributed by atoms with van der Waals surface area (Å²) in [5.74, 6) is -8.72. The summed E-state index contributed by atoms with van der Waals surface area (Å²) >= 11 is 0. The van der Waals surface area contributed by atoms with E-state index < -0.39 is 160 Å². The van der Waals surface area contributed by atoms with E-state index >= 15 is 0 Å². The SMILES string of the molecule is N#C[C@H]1CC[C@H](N2CCCCC[C@](O)(C(F)(F)F)c3n[n+](CC(=O)NCC4CCC(N5CCCCC[C@](O)(C(F)(F)F)c6nnc(o6)-c6nc(c(C(F)(F)F)cc6N)C5=O)CC4)c(o3)-c3nc(c(C(F)(F)F)cc3N)C2=O)CC1. The van der Waals surface area contributed by atoms with Gasteiger partial charge in [-0.3, -0.25) is 14.4 Å². The Balaban J connectivity index is 1.04. The number of nitrogen functional groups attached to an aromatic ring is 2. The first-order chi connectivity index (χ1) is 36.9. The van der Waals surface area contributed by atoms with Gasteiger partial charge in [-0.25, -0.2) is 9.97 Å². The highest BCUT2D eigenvalue weighted by Crippen LogP contribution is 2.46. The monoisotopic (exact) mass is 1140 g/mol. The minimum Gasteiger partial charge on any atom is -0.416 e. The Hall–Kier alpha value is -6.84. The van der Waals surface area contributed by atoms with Gasteiger partial charge in [-0.2, -0.15) is 57.9 Å². The molecule has 2 fully saturated rings. The number of nitrogens with one attached hydrogen (secondary N) is 1. The largest absolute Gasteiger partial charge is 0.429 e. The molecule has 6 heterocycles. The van der Waals surface area contributed by atoms with Crippen molar-refractivity contribution in [3.8, 4) is 29.2 Å². The van der Waals surface area contributed by atoms with E-state index in [1.165, 1.54) is 0 Å². The van der Waals surface area contributed by atoms with E-state index in [-0.39, 0.29) is 103 Å². The van der Waals surface area contributed by atoms with Crippen molar-refractivity contribution in [1.82, 2.24) is 40.4 Å². The number of nitriles is 1. The Labute approximate surface area is 440 Å². The molecule has 3 amide bonds. The predicted octanol–water partition coefficient (Wildman–Crippen LogP) is 7.66. The summed E-state index contributed by atoms with van der Waals surface area (Å²) in [7, 11) is 0. The zero-order valence-electron chi connectivity index (χ0n) is 41.8. The quantitative estimate of drug-likeness (QED) is 0.0915. The number of aliphatic hydroxyl groups is 2. The maximum atomic E-state index is 14.9. The number of fused-ring (bicyclic) bond motifs is 10. The molecule has 4 aliphatic rings. The second kappa shape index (κ2) is 22.0. The lowest BCUT2D eigenvalue weighted by molar-refractivity contribution is -0.732. The Morgan fingerprint density at radius 1 is 0.684 bits per heavy atom. The number of hydrogen-bond acceptors (Lipinski definition) is 15. The first-order valence-corrected chi connectivity index (χ1v) is 25.3. The molecule has 8 bridgehead atoms. The fourth-order valence-corrected chi connectivity index (χ4v) is 10.6. The van der Waals surface area contributed by atoms with E-state index in [0.717, 1.165) is 9.80 Å². The molecule has 0 saturated heterocycles. The van der Waals surface area contributed by atoms with E-state index in [1.54, 1.807) is 0 Å². The molecule has 2 atom stereocenters. The molecule has 0 unspecified atom stereocenters. The van der Waals surface area contributed by atoms with E-state index in [1.807, 2.05) is 0 Å². The number of pyridine rings is 2. The molecule has 19 nitrogen and oxygen atoms in total. The molecule has 8 rings (SSSR count). The van der Waals surface area contributed by atoms with Crippen LogP contribution in [0.15, 0.2) is 21.0 Å². The van der Waals surface area contributed by atoms with Crippen molar-refractivity contribution in [1.29, 1.82) is 5.26 Å². The van der Waals surface area contributed by atoms with Gasteiger partial charge >= 0.3 is 36.5 Å². The third-order valence-corrected chi connectivity index (χ3v) is 15.1. The first-order valence-electron chi connectivity index (χ1n) is 25.3. The lowest BCUT2D eigenvalue weighted by atomic mass is 9.85. The molecule has 0 radical (unpaired) electrons. The molecule has 79 heavy (non-hydrogen) atoms.